The molecule has 1 atom stereocenters. The molecule has 0 aromatic heterocycles. The van der Waals surface area contributed by atoms with Crippen molar-refractivity contribution in [3.05, 3.63) is 35.9 Å². The van der Waals surface area contributed by atoms with Crippen molar-refractivity contribution in [1.29, 1.82) is 0 Å². The van der Waals surface area contributed by atoms with Gasteiger partial charge < -0.3 is 15.0 Å². The third-order valence-electron chi connectivity index (χ3n) is 4.49. The average Bonchev–Trinajstić information content (AvgIpc) is 2.62. The van der Waals surface area contributed by atoms with Gasteiger partial charge in [0.2, 0.25) is 11.6 Å². The molecule has 0 radical (unpaired) electrons. The second-order valence-corrected chi connectivity index (χ2v) is 6.47. The highest BCUT2D eigenvalue weighted by Gasteiger charge is 2.43. The molecule has 138 valence electrons. The fourth-order valence-electron chi connectivity index (χ4n) is 3.08. The molecule has 1 N–H and O–H groups in total. The van der Waals surface area contributed by atoms with Gasteiger partial charge in [0.25, 0.3) is 5.91 Å². The summed E-state index contributed by atoms with van der Waals surface area (Å²) in [6, 6.07) is 9.97. The normalized spacial score (nSPS) is 20.3. The fraction of sp³-hybridized carbons (Fsp3) is 0.579. The Hall–Kier alpha value is -1.95. The second kappa shape index (κ2) is 9.51. The van der Waals surface area contributed by atoms with Crippen molar-refractivity contribution < 1.29 is 18.7 Å². The number of carbonyl (C=O) groups is 2. The topological polar surface area (TPSA) is 58.6 Å². The molecule has 0 saturated carbocycles. The Morgan fingerprint density at radius 1 is 1.32 bits per heavy atom. The van der Waals surface area contributed by atoms with Gasteiger partial charge in [-0.2, -0.15) is 0 Å². The highest BCUT2D eigenvalue weighted by atomic mass is 19.1. The van der Waals surface area contributed by atoms with E-state index < -0.39 is 11.6 Å². The molecule has 0 aliphatic carbocycles. The minimum absolute atomic E-state index is 0.0812. The number of ether oxygens (including phenoxy) is 1. The zero-order chi connectivity index (χ0) is 18.1. The lowest BCUT2D eigenvalue weighted by molar-refractivity contribution is -0.143. The van der Waals surface area contributed by atoms with Crippen molar-refractivity contribution in [3.8, 4) is 0 Å². The number of amides is 2. The van der Waals surface area contributed by atoms with E-state index in [1.165, 1.54) is 17.6 Å². The van der Waals surface area contributed by atoms with Crippen LogP contribution in [0.5, 0.6) is 0 Å². The first kappa shape index (κ1) is 19.4. The quantitative estimate of drug-likeness (QED) is 0.731. The number of carbonyl (C=O) groups excluding carboxylic acids is 2. The molecule has 1 aromatic rings. The number of nitrogens with zero attached hydrogens (tertiary/aromatic N) is 1. The van der Waals surface area contributed by atoms with Gasteiger partial charge in [-0.15, -0.1) is 0 Å². The standard InChI is InChI=1S/C19H27FN2O3/c1-25-14-12-21-18(24)19(20)11-6-13-22(15-19)17(23)10-5-9-16-7-3-2-4-8-16/h2-4,7-8H,5-6,9-15H2,1H3,(H,21,24). The summed E-state index contributed by atoms with van der Waals surface area (Å²) in [4.78, 5) is 25.9. The maximum Gasteiger partial charge on any atom is 0.259 e. The first-order valence-electron chi connectivity index (χ1n) is 8.83. The van der Waals surface area contributed by atoms with Gasteiger partial charge in [0, 0.05) is 26.6 Å². The smallest absolute Gasteiger partial charge is 0.259 e. The molecule has 5 nitrogen and oxygen atoms in total. The van der Waals surface area contributed by atoms with Crippen LogP contribution in [0.4, 0.5) is 4.39 Å². The number of halogens is 1. The second-order valence-electron chi connectivity index (χ2n) is 6.47. The molecule has 0 spiro atoms. The highest BCUT2D eigenvalue weighted by Crippen LogP contribution is 2.26. The van der Waals surface area contributed by atoms with E-state index in [-0.39, 0.29) is 25.4 Å². The molecule has 1 aromatic carbocycles. The molecule has 25 heavy (non-hydrogen) atoms. The largest absolute Gasteiger partial charge is 0.383 e. The summed E-state index contributed by atoms with van der Waals surface area (Å²) >= 11 is 0. The Balaban J connectivity index is 1.80. The molecule has 0 bridgehead atoms. The average molecular weight is 350 g/mol. The number of nitrogens with one attached hydrogen (secondary N) is 1. The monoisotopic (exact) mass is 350 g/mol. The van der Waals surface area contributed by atoms with Crippen LogP contribution in [0.15, 0.2) is 30.3 Å². The molecular formula is C19H27FN2O3. The highest BCUT2D eigenvalue weighted by molar-refractivity contribution is 5.86. The number of rotatable bonds is 8. The fourth-order valence-corrected chi connectivity index (χ4v) is 3.08. The van der Waals surface area contributed by atoms with Crippen molar-refractivity contribution >= 4 is 11.8 Å². The van der Waals surface area contributed by atoms with Gasteiger partial charge in [-0.3, -0.25) is 9.59 Å². The van der Waals surface area contributed by atoms with Crippen LogP contribution in [0.3, 0.4) is 0 Å². The first-order chi connectivity index (χ1) is 12.0. The number of benzene rings is 1. The van der Waals surface area contributed by atoms with Crippen molar-refractivity contribution in [3.63, 3.8) is 0 Å². The maximum absolute atomic E-state index is 14.9. The van der Waals surface area contributed by atoms with E-state index in [4.69, 9.17) is 4.74 Å². The van der Waals surface area contributed by atoms with Crippen molar-refractivity contribution in [2.45, 2.75) is 37.8 Å². The van der Waals surface area contributed by atoms with Crippen LogP contribution in [0, 0.1) is 0 Å². The Kier molecular flexibility index (Phi) is 7.37. The van der Waals surface area contributed by atoms with Gasteiger partial charge in [-0.05, 0) is 31.2 Å². The zero-order valence-electron chi connectivity index (χ0n) is 14.8. The van der Waals surface area contributed by atoms with E-state index >= 15 is 0 Å². The molecule has 1 aliphatic heterocycles. The lowest BCUT2D eigenvalue weighted by atomic mass is 9.93. The third-order valence-corrected chi connectivity index (χ3v) is 4.49. The van der Waals surface area contributed by atoms with Crippen LogP contribution in [-0.4, -0.2) is 55.7 Å². The molecule has 1 unspecified atom stereocenters. The zero-order valence-corrected chi connectivity index (χ0v) is 14.8. The lowest BCUT2D eigenvalue weighted by Gasteiger charge is -2.36. The van der Waals surface area contributed by atoms with Crippen LogP contribution >= 0.6 is 0 Å². The van der Waals surface area contributed by atoms with Gasteiger partial charge in [-0.25, -0.2) is 4.39 Å². The summed E-state index contributed by atoms with van der Waals surface area (Å²) in [5.74, 6) is -0.728. The van der Waals surface area contributed by atoms with E-state index in [1.54, 1.807) is 0 Å². The van der Waals surface area contributed by atoms with E-state index in [9.17, 15) is 14.0 Å². The van der Waals surface area contributed by atoms with Crippen LogP contribution in [0.25, 0.3) is 0 Å². The Morgan fingerprint density at radius 2 is 2.08 bits per heavy atom. The molecule has 1 saturated heterocycles. The minimum Gasteiger partial charge on any atom is -0.383 e. The minimum atomic E-state index is -2.00. The molecular weight excluding hydrogens is 323 g/mol. The number of methoxy groups -OCH3 is 1. The van der Waals surface area contributed by atoms with E-state index in [2.05, 4.69) is 5.32 Å². The van der Waals surface area contributed by atoms with Crippen molar-refractivity contribution in [2.24, 2.45) is 0 Å². The molecule has 1 heterocycles. The van der Waals surface area contributed by atoms with Crippen LogP contribution < -0.4 is 5.32 Å². The van der Waals surface area contributed by atoms with E-state index in [0.29, 0.717) is 26.0 Å². The Bertz CT molecular complexity index is 567. The molecule has 2 rings (SSSR count). The SMILES string of the molecule is COCCNC(=O)C1(F)CCCN(C(=O)CCCc2ccccc2)C1. The van der Waals surface area contributed by atoms with Gasteiger partial charge in [0.15, 0.2) is 0 Å². The molecule has 2 amide bonds. The van der Waals surface area contributed by atoms with Gasteiger partial charge in [0.05, 0.1) is 13.2 Å². The summed E-state index contributed by atoms with van der Waals surface area (Å²) in [5, 5.41) is 2.54. The van der Waals surface area contributed by atoms with E-state index in [1.807, 2.05) is 30.3 Å². The number of hydrogen-bond donors (Lipinski definition) is 1. The van der Waals surface area contributed by atoms with E-state index in [0.717, 1.165) is 12.8 Å². The third kappa shape index (κ3) is 5.81. The van der Waals surface area contributed by atoms with Gasteiger partial charge in [0.1, 0.15) is 0 Å². The molecule has 6 heteroatoms. The van der Waals surface area contributed by atoms with Crippen molar-refractivity contribution in [1.82, 2.24) is 10.2 Å². The molecule has 1 aliphatic rings. The first-order valence-corrected chi connectivity index (χ1v) is 8.83. The predicted octanol–water partition coefficient (Wildman–Crippen LogP) is 2.10. The number of aryl methyl sites for hydroxylation is 1. The summed E-state index contributed by atoms with van der Waals surface area (Å²) < 4.78 is 19.8. The number of piperidine rings is 1. The number of likely N-dealkylation sites (tertiary alicyclic amines) is 1. The summed E-state index contributed by atoms with van der Waals surface area (Å²) in [5.41, 5.74) is -0.813. The summed E-state index contributed by atoms with van der Waals surface area (Å²) in [7, 11) is 1.52. The van der Waals surface area contributed by atoms with Crippen LogP contribution in [0.2, 0.25) is 0 Å². The number of hydrogen-bond acceptors (Lipinski definition) is 3. The Labute approximate surface area is 148 Å². The van der Waals surface area contributed by atoms with Crippen LogP contribution in [-0.2, 0) is 20.7 Å². The molecule has 1 fully saturated rings. The lowest BCUT2D eigenvalue weighted by Crippen LogP contribution is -2.56. The maximum atomic E-state index is 14.9. The van der Waals surface area contributed by atoms with Gasteiger partial charge >= 0.3 is 0 Å². The van der Waals surface area contributed by atoms with Crippen LogP contribution in [0.1, 0.15) is 31.2 Å². The van der Waals surface area contributed by atoms with Crippen molar-refractivity contribution in [2.75, 3.05) is 33.4 Å². The Morgan fingerprint density at radius 3 is 2.80 bits per heavy atom. The summed E-state index contributed by atoms with van der Waals surface area (Å²) in [6.45, 7) is 0.965. The summed E-state index contributed by atoms with van der Waals surface area (Å²) in [6.07, 6.45) is 2.56. The van der Waals surface area contributed by atoms with Gasteiger partial charge in [-0.1, -0.05) is 30.3 Å². The predicted molar refractivity (Wildman–Crippen MR) is 93.9 cm³/mol. The number of alkyl halides is 1.